The predicted molar refractivity (Wildman–Crippen MR) is 53.5 cm³/mol. The first kappa shape index (κ1) is 11.1. The van der Waals surface area contributed by atoms with Crippen molar-refractivity contribution in [2.24, 2.45) is 10.9 Å². The smallest absolute Gasteiger partial charge is 0.0730 e. The Morgan fingerprint density at radius 2 is 2.17 bits per heavy atom. The molecule has 0 unspecified atom stereocenters. The molecule has 0 saturated heterocycles. The van der Waals surface area contributed by atoms with E-state index in [1.165, 1.54) is 0 Å². The lowest BCUT2D eigenvalue weighted by molar-refractivity contribution is 0.227. The second-order valence-electron chi connectivity index (χ2n) is 2.86. The van der Waals surface area contributed by atoms with E-state index >= 15 is 0 Å². The molecule has 0 aromatic heterocycles. The SMILES string of the molecule is C=C/C(COC)=C(\N=C)C(C)C. The monoisotopic (exact) mass is 167 g/mol. The molecule has 0 amide bonds. The molecule has 0 atom stereocenters. The number of allylic oxidation sites excluding steroid dienone is 1. The molecule has 0 aromatic carbocycles. The number of aliphatic imine (C=N–C) groups is 1. The van der Waals surface area contributed by atoms with Gasteiger partial charge < -0.3 is 4.74 Å². The summed E-state index contributed by atoms with van der Waals surface area (Å²) in [6.07, 6.45) is 1.77. The van der Waals surface area contributed by atoms with Crippen molar-refractivity contribution in [3.8, 4) is 0 Å². The van der Waals surface area contributed by atoms with Crippen molar-refractivity contribution < 1.29 is 4.74 Å². The average Bonchev–Trinajstić information content (AvgIpc) is 2.03. The third-order valence-electron chi connectivity index (χ3n) is 1.59. The third kappa shape index (κ3) is 3.01. The summed E-state index contributed by atoms with van der Waals surface area (Å²) in [7, 11) is 1.66. The lowest BCUT2D eigenvalue weighted by Gasteiger charge is -2.10. The molecular formula is C10H17NO. The van der Waals surface area contributed by atoms with Crippen molar-refractivity contribution in [3.05, 3.63) is 23.9 Å². The first-order valence-corrected chi connectivity index (χ1v) is 3.98. The molecule has 0 aliphatic carbocycles. The van der Waals surface area contributed by atoms with Crippen LogP contribution in [0.1, 0.15) is 13.8 Å². The van der Waals surface area contributed by atoms with Gasteiger partial charge in [-0.3, -0.25) is 4.99 Å². The molecule has 0 spiro atoms. The molecule has 68 valence electrons. The van der Waals surface area contributed by atoms with Gasteiger partial charge in [0.25, 0.3) is 0 Å². The Kier molecular flexibility index (Phi) is 5.30. The number of nitrogens with zero attached hydrogens (tertiary/aromatic N) is 1. The summed E-state index contributed by atoms with van der Waals surface area (Å²) in [5.41, 5.74) is 1.98. The van der Waals surface area contributed by atoms with Crippen LogP contribution in [0.25, 0.3) is 0 Å². The predicted octanol–water partition coefficient (Wildman–Crippen LogP) is 2.43. The zero-order chi connectivity index (χ0) is 9.56. The number of methoxy groups -OCH3 is 1. The van der Waals surface area contributed by atoms with Crippen LogP contribution in [0, 0.1) is 5.92 Å². The molecule has 0 aliphatic heterocycles. The van der Waals surface area contributed by atoms with E-state index in [9.17, 15) is 0 Å². The Morgan fingerprint density at radius 1 is 1.58 bits per heavy atom. The van der Waals surface area contributed by atoms with E-state index in [0.717, 1.165) is 11.3 Å². The highest BCUT2D eigenvalue weighted by molar-refractivity contribution is 5.34. The number of ether oxygens (including phenoxy) is 1. The topological polar surface area (TPSA) is 21.6 Å². The largest absolute Gasteiger partial charge is 0.380 e. The van der Waals surface area contributed by atoms with Gasteiger partial charge in [-0.15, -0.1) is 0 Å². The van der Waals surface area contributed by atoms with Crippen LogP contribution in [0.3, 0.4) is 0 Å². The van der Waals surface area contributed by atoms with E-state index in [1.54, 1.807) is 13.2 Å². The minimum atomic E-state index is 0.366. The van der Waals surface area contributed by atoms with Gasteiger partial charge in [0, 0.05) is 12.8 Å². The fraction of sp³-hybridized carbons (Fsp3) is 0.500. The quantitative estimate of drug-likeness (QED) is 0.455. The van der Waals surface area contributed by atoms with Crippen molar-refractivity contribution in [2.75, 3.05) is 13.7 Å². The van der Waals surface area contributed by atoms with Gasteiger partial charge in [-0.05, 0) is 18.2 Å². The van der Waals surface area contributed by atoms with Crippen LogP contribution < -0.4 is 0 Å². The zero-order valence-electron chi connectivity index (χ0n) is 8.13. The van der Waals surface area contributed by atoms with Crippen molar-refractivity contribution in [1.29, 1.82) is 0 Å². The minimum absolute atomic E-state index is 0.366. The third-order valence-corrected chi connectivity index (χ3v) is 1.59. The van der Waals surface area contributed by atoms with Crippen molar-refractivity contribution >= 4 is 6.72 Å². The maximum Gasteiger partial charge on any atom is 0.0730 e. The highest BCUT2D eigenvalue weighted by Gasteiger charge is 2.05. The first-order valence-electron chi connectivity index (χ1n) is 3.98. The summed E-state index contributed by atoms with van der Waals surface area (Å²) in [5, 5.41) is 0. The molecule has 0 rings (SSSR count). The summed E-state index contributed by atoms with van der Waals surface area (Å²) < 4.78 is 5.01. The van der Waals surface area contributed by atoms with E-state index in [-0.39, 0.29) is 0 Å². The van der Waals surface area contributed by atoms with Gasteiger partial charge in [-0.1, -0.05) is 26.5 Å². The summed E-state index contributed by atoms with van der Waals surface area (Å²) in [6.45, 7) is 11.9. The molecule has 2 nitrogen and oxygen atoms in total. The van der Waals surface area contributed by atoms with E-state index < -0.39 is 0 Å². The van der Waals surface area contributed by atoms with Crippen LogP contribution in [0.4, 0.5) is 0 Å². The molecule has 0 bridgehead atoms. The fourth-order valence-electron chi connectivity index (χ4n) is 1.05. The van der Waals surface area contributed by atoms with Crippen LogP contribution in [0.5, 0.6) is 0 Å². The van der Waals surface area contributed by atoms with Gasteiger partial charge in [0.05, 0.1) is 6.61 Å². The molecule has 0 aliphatic rings. The van der Waals surface area contributed by atoms with Gasteiger partial charge >= 0.3 is 0 Å². The molecule has 0 fully saturated rings. The van der Waals surface area contributed by atoms with E-state index in [2.05, 4.69) is 32.1 Å². The van der Waals surface area contributed by atoms with E-state index in [4.69, 9.17) is 4.74 Å². The van der Waals surface area contributed by atoms with E-state index in [1.807, 2.05) is 0 Å². The number of hydrogen-bond acceptors (Lipinski definition) is 2. The second-order valence-corrected chi connectivity index (χ2v) is 2.86. The normalized spacial score (nSPS) is 12.7. The Hall–Kier alpha value is -0.890. The Morgan fingerprint density at radius 3 is 2.42 bits per heavy atom. The fourth-order valence-corrected chi connectivity index (χ4v) is 1.05. The number of rotatable bonds is 5. The molecule has 2 heteroatoms. The Balaban J connectivity index is 4.73. The molecule has 0 N–H and O–H groups in total. The molecule has 12 heavy (non-hydrogen) atoms. The van der Waals surface area contributed by atoms with Crippen LogP contribution in [-0.2, 0) is 4.74 Å². The second kappa shape index (κ2) is 5.72. The Bertz CT molecular complexity index is 192. The zero-order valence-corrected chi connectivity index (χ0v) is 8.13. The Labute approximate surface area is 74.7 Å². The van der Waals surface area contributed by atoms with Crippen LogP contribution >= 0.6 is 0 Å². The van der Waals surface area contributed by atoms with Gasteiger partial charge in [0.1, 0.15) is 0 Å². The molecule has 0 heterocycles. The van der Waals surface area contributed by atoms with Crippen LogP contribution in [0.2, 0.25) is 0 Å². The van der Waals surface area contributed by atoms with Crippen molar-refractivity contribution in [3.63, 3.8) is 0 Å². The molecule has 0 saturated carbocycles. The van der Waals surface area contributed by atoms with Crippen LogP contribution in [-0.4, -0.2) is 20.4 Å². The van der Waals surface area contributed by atoms with Crippen molar-refractivity contribution in [1.82, 2.24) is 0 Å². The summed E-state index contributed by atoms with van der Waals surface area (Å²) in [5.74, 6) is 0.366. The van der Waals surface area contributed by atoms with E-state index in [0.29, 0.717) is 12.5 Å². The average molecular weight is 167 g/mol. The summed E-state index contributed by atoms with van der Waals surface area (Å²) in [6, 6.07) is 0. The lowest BCUT2D eigenvalue weighted by atomic mass is 10.1. The van der Waals surface area contributed by atoms with Gasteiger partial charge in [-0.25, -0.2) is 0 Å². The van der Waals surface area contributed by atoms with Gasteiger partial charge in [0.2, 0.25) is 0 Å². The highest BCUT2D eigenvalue weighted by atomic mass is 16.5. The maximum atomic E-state index is 5.01. The molecule has 0 aromatic rings. The van der Waals surface area contributed by atoms with Crippen LogP contribution in [0.15, 0.2) is 28.9 Å². The first-order chi connectivity index (χ1) is 5.67. The van der Waals surface area contributed by atoms with Gasteiger partial charge in [-0.2, -0.15) is 0 Å². The summed E-state index contributed by atoms with van der Waals surface area (Å²) in [4.78, 5) is 3.96. The summed E-state index contributed by atoms with van der Waals surface area (Å²) >= 11 is 0. The molecule has 0 radical (unpaired) electrons. The minimum Gasteiger partial charge on any atom is -0.380 e. The molecular weight excluding hydrogens is 150 g/mol. The van der Waals surface area contributed by atoms with Crippen molar-refractivity contribution in [2.45, 2.75) is 13.8 Å². The maximum absolute atomic E-state index is 5.01. The lowest BCUT2D eigenvalue weighted by Crippen LogP contribution is -2.00. The number of hydrogen-bond donors (Lipinski definition) is 0. The standard InChI is InChI=1S/C10H17NO/c1-6-9(7-12-5)10(11-4)8(2)3/h6,8H,1,4,7H2,2-3,5H3/b10-9+. The van der Waals surface area contributed by atoms with Gasteiger partial charge in [0.15, 0.2) is 0 Å². The highest BCUT2D eigenvalue weighted by Crippen LogP contribution is 2.16.